The summed E-state index contributed by atoms with van der Waals surface area (Å²) in [6.07, 6.45) is 0. The van der Waals surface area contributed by atoms with E-state index in [2.05, 4.69) is 10.3 Å². The number of carbonyl (C=O) groups excluding carboxylic acids is 1. The van der Waals surface area contributed by atoms with E-state index >= 15 is 0 Å². The molecule has 0 aliphatic heterocycles. The zero-order valence-corrected chi connectivity index (χ0v) is 17.9. The number of pyridine rings is 1. The minimum absolute atomic E-state index is 0.00124. The number of halogens is 1. The Morgan fingerprint density at radius 2 is 1.86 bits per heavy atom. The lowest BCUT2D eigenvalue weighted by molar-refractivity contribution is 0.102. The lowest BCUT2D eigenvalue weighted by atomic mass is 10.2. The van der Waals surface area contributed by atoms with Crippen molar-refractivity contribution in [1.29, 1.82) is 0 Å². The molecule has 1 N–H and O–H groups in total. The maximum atomic E-state index is 12.9. The number of nitrogens with one attached hydrogen (secondary N) is 1. The zero-order valence-electron chi connectivity index (χ0n) is 16.3. The van der Waals surface area contributed by atoms with Crippen molar-refractivity contribution in [3.63, 3.8) is 0 Å². The van der Waals surface area contributed by atoms with E-state index in [-0.39, 0.29) is 21.5 Å². The molecule has 2 rings (SSSR count). The van der Waals surface area contributed by atoms with Gasteiger partial charge in [0.05, 0.1) is 16.5 Å². The van der Waals surface area contributed by atoms with Crippen molar-refractivity contribution >= 4 is 33.2 Å². The van der Waals surface area contributed by atoms with Crippen LogP contribution >= 0.6 is 11.6 Å². The van der Waals surface area contributed by atoms with Gasteiger partial charge < -0.3 is 10.1 Å². The zero-order chi connectivity index (χ0) is 20.9. The Kier molecular flexibility index (Phi) is 7.40. The summed E-state index contributed by atoms with van der Waals surface area (Å²) in [5.74, 6) is -0.271. The fourth-order valence-electron chi connectivity index (χ4n) is 2.66. The molecule has 0 aliphatic carbocycles. The van der Waals surface area contributed by atoms with Crippen molar-refractivity contribution in [3.8, 4) is 5.88 Å². The van der Waals surface area contributed by atoms with Crippen LogP contribution in [0.1, 0.15) is 36.8 Å². The summed E-state index contributed by atoms with van der Waals surface area (Å²) in [4.78, 5) is 16.9. The van der Waals surface area contributed by atoms with E-state index < -0.39 is 15.9 Å². The number of ether oxygens (including phenoxy) is 1. The Morgan fingerprint density at radius 3 is 2.46 bits per heavy atom. The molecule has 152 valence electrons. The second-order valence-corrected chi connectivity index (χ2v) is 8.25. The minimum Gasteiger partial charge on any atom is -0.478 e. The Morgan fingerprint density at radius 1 is 1.18 bits per heavy atom. The molecule has 0 unspecified atom stereocenters. The van der Waals surface area contributed by atoms with E-state index in [1.807, 2.05) is 0 Å². The molecule has 28 heavy (non-hydrogen) atoms. The highest BCUT2D eigenvalue weighted by atomic mass is 35.5. The van der Waals surface area contributed by atoms with E-state index in [4.69, 9.17) is 16.3 Å². The minimum atomic E-state index is -3.66. The molecule has 1 heterocycles. The summed E-state index contributed by atoms with van der Waals surface area (Å²) in [5.41, 5.74) is 0.932. The van der Waals surface area contributed by atoms with E-state index in [0.29, 0.717) is 30.9 Å². The van der Waals surface area contributed by atoms with E-state index in [1.54, 1.807) is 45.9 Å². The van der Waals surface area contributed by atoms with Crippen molar-refractivity contribution in [2.75, 3.05) is 25.0 Å². The van der Waals surface area contributed by atoms with Gasteiger partial charge in [-0.2, -0.15) is 4.31 Å². The number of sulfonamides is 1. The topological polar surface area (TPSA) is 88.6 Å². The van der Waals surface area contributed by atoms with E-state index in [9.17, 15) is 13.2 Å². The van der Waals surface area contributed by atoms with Gasteiger partial charge in [0, 0.05) is 24.8 Å². The molecular weight excluding hydrogens is 402 g/mol. The van der Waals surface area contributed by atoms with Gasteiger partial charge in [0.1, 0.15) is 0 Å². The number of carbonyl (C=O) groups is 1. The lowest BCUT2D eigenvalue weighted by Gasteiger charge is -2.20. The summed E-state index contributed by atoms with van der Waals surface area (Å²) in [5, 5.41) is 2.83. The maximum absolute atomic E-state index is 12.9. The fraction of sp³-hybridized carbons (Fsp3) is 0.368. The molecule has 0 saturated carbocycles. The van der Waals surface area contributed by atoms with Gasteiger partial charge in [-0.3, -0.25) is 4.79 Å². The highest BCUT2D eigenvalue weighted by Crippen LogP contribution is 2.25. The van der Waals surface area contributed by atoms with Crippen molar-refractivity contribution < 1.29 is 17.9 Å². The third kappa shape index (κ3) is 4.81. The smallest absolute Gasteiger partial charge is 0.275 e. The van der Waals surface area contributed by atoms with Crippen LogP contribution in [0.2, 0.25) is 5.02 Å². The van der Waals surface area contributed by atoms with Crippen LogP contribution in [0.5, 0.6) is 5.88 Å². The van der Waals surface area contributed by atoms with Gasteiger partial charge in [-0.25, -0.2) is 13.4 Å². The van der Waals surface area contributed by atoms with Crippen LogP contribution < -0.4 is 10.1 Å². The average molecular weight is 426 g/mol. The molecule has 7 nitrogen and oxygen atoms in total. The first-order valence-electron chi connectivity index (χ1n) is 8.96. The number of hydrogen-bond acceptors (Lipinski definition) is 5. The normalized spacial score (nSPS) is 11.5. The summed E-state index contributed by atoms with van der Waals surface area (Å²) in [7, 11) is -3.66. The van der Waals surface area contributed by atoms with Crippen LogP contribution in [0.15, 0.2) is 35.2 Å². The predicted molar refractivity (Wildman–Crippen MR) is 110 cm³/mol. The molecule has 0 radical (unpaired) electrons. The van der Waals surface area contributed by atoms with Crippen molar-refractivity contribution in [1.82, 2.24) is 9.29 Å². The van der Waals surface area contributed by atoms with Crippen molar-refractivity contribution in [2.24, 2.45) is 0 Å². The second kappa shape index (κ2) is 9.36. The number of nitrogens with zero attached hydrogens (tertiary/aromatic N) is 2. The van der Waals surface area contributed by atoms with Crippen molar-refractivity contribution in [2.45, 2.75) is 32.6 Å². The predicted octanol–water partition coefficient (Wildman–Crippen LogP) is 3.72. The number of aromatic nitrogens is 1. The molecule has 0 bridgehead atoms. The van der Waals surface area contributed by atoms with Gasteiger partial charge >= 0.3 is 0 Å². The number of anilines is 1. The van der Waals surface area contributed by atoms with Crippen LogP contribution in [0, 0.1) is 6.92 Å². The second-order valence-electron chi connectivity index (χ2n) is 5.94. The first-order chi connectivity index (χ1) is 13.2. The number of hydrogen-bond donors (Lipinski definition) is 1. The number of rotatable bonds is 8. The maximum Gasteiger partial charge on any atom is 0.275 e. The highest BCUT2D eigenvalue weighted by molar-refractivity contribution is 7.89. The molecule has 1 aromatic heterocycles. The summed E-state index contributed by atoms with van der Waals surface area (Å²) < 4.78 is 32.4. The van der Waals surface area contributed by atoms with Gasteiger partial charge in [-0.1, -0.05) is 31.5 Å². The van der Waals surface area contributed by atoms with Gasteiger partial charge in [0.15, 0.2) is 5.69 Å². The van der Waals surface area contributed by atoms with Crippen LogP contribution in [-0.2, 0) is 10.0 Å². The summed E-state index contributed by atoms with van der Waals surface area (Å²) >= 11 is 6.08. The molecule has 0 saturated heterocycles. The molecular formula is C19H24ClN3O4S. The number of amides is 1. The van der Waals surface area contributed by atoms with Crippen LogP contribution in [0.25, 0.3) is 0 Å². The van der Waals surface area contributed by atoms with E-state index in [1.165, 1.54) is 16.4 Å². The number of aryl methyl sites for hydroxylation is 1. The van der Waals surface area contributed by atoms with E-state index in [0.717, 1.165) is 0 Å². The van der Waals surface area contributed by atoms with Crippen molar-refractivity contribution in [3.05, 3.63) is 46.6 Å². The molecule has 1 amide bonds. The average Bonchev–Trinajstić information content (AvgIpc) is 2.65. The van der Waals surface area contributed by atoms with Gasteiger partial charge in [-0.05, 0) is 37.6 Å². The number of benzene rings is 1. The molecule has 0 spiro atoms. The molecule has 0 aliphatic rings. The summed E-state index contributed by atoms with van der Waals surface area (Å²) in [6.45, 7) is 8.20. The van der Waals surface area contributed by atoms with Gasteiger partial charge in [-0.15, -0.1) is 0 Å². The largest absolute Gasteiger partial charge is 0.478 e. The third-order valence-corrected chi connectivity index (χ3v) is 6.59. The van der Waals surface area contributed by atoms with Crippen LogP contribution in [-0.4, -0.2) is 43.3 Å². The first-order valence-corrected chi connectivity index (χ1v) is 10.8. The van der Waals surface area contributed by atoms with Gasteiger partial charge in [0.25, 0.3) is 5.91 Å². The molecule has 0 atom stereocenters. The lowest BCUT2D eigenvalue weighted by Crippen LogP contribution is -2.31. The standard InChI is InChI=1S/C19H24ClN3O4S/c1-5-23(6-2)28(25,26)16-12-14(9-8-13(16)4)21-19(24)18-15(20)10-11-17(22-18)27-7-3/h8-12H,5-7H2,1-4H3,(H,21,24). The highest BCUT2D eigenvalue weighted by Gasteiger charge is 2.24. The fourth-order valence-corrected chi connectivity index (χ4v) is 4.56. The van der Waals surface area contributed by atoms with Crippen LogP contribution in [0.3, 0.4) is 0 Å². The quantitative estimate of drug-likeness (QED) is 0.696. The molecule has 2 aromatic rings. The third-order valence-electron chi connectivity index (χ3n) is 4.10. The molecule has 9 heteroatoms. The van der Waals surface area contributed by atoms with Gasteiger partial charge in [0.2, 0.25) is 15.9 Å². The Balaban J connectivity index is 2.36. The van der Waals surface area contributed by atoms with Crippen LogP contribution in [0.4, 0.5) is 5.69 Å². The molecule has 0 fully saturated rings. The Hall–Kier alpha value is -2.16. The molecule has 1 aromatic carbocycles. The Labute approximate surface area is 170 Å². The first kappa shape index (κ1) is 22.1. The monoisotopic (exact) mass is 425 g/mol. The Bertz CT molecular complexity index is 960. The summed E-state index contributed by atoms with van der Waals surface area (Å²) in [6, 6.07) is 7.83. The SMILES string of the molecule is CCOc1ccc(Cl)c(C(=O)Nc2ccc(C)c(S(=O)(=O)N(CC)CC)c2)n1.